The molecule has 0 radical (unpaired) electrons. The quantitative estimate of drug-likeness (QED) is 0.596. The van der Waals surface area contributed by atoms with Crippen molar-refractivity contribution in [2.24, 2.45) is 5.92 Å². The van der Waals surface area contributed by atoms with Gasteiger partial charge in [0.05, 0.1) is 11.5 Å². The topological polar surface area (TPSA) is 58.9 Å². The number of nitro benzene ring substituents is 1. The number of piperazine rings is 1. The van der Waals surface area contributed by atoms with Gasteiger partial charge >= 0.3 is 0 Å². The van der Waals surface area contributed by atoms with E-state index in [1.807, 2.05) is 6.07 Å². The summed E-state index contributed by atoms with van der Waals surface area (Å²) in [5, 5.41) is 10.9. The fraction of sp³-hybridized carbons (Fsp3) is 0.625. The Morgan fingerprint density at radius 2 is 2.00 bits per heavy atom. The second-order valence-corrected chi connectivity index (χ2v) is 6.23. The Bertz CT molecular complexity index is 537. The largest absolute Gasteiger partial charge is 0.380 e. The van der Waals surface area contributed by atoms with E-state index in [1.165, 1.54) is 19.4 Å². The van der Waals surface area contributed by atoms with Gasteiger partial charge in [-0.2, -0.15) is 0 Å². The number of rotatable bonds is 6. The molecule has 1 saturated heterocycles. The summed E-state index contributed by atoms with van der Waals surface area (Å²) >= 11 is 0. The van der Waals surface area contributed by atoms with Gasteiger partial charge in [-0.3, -0.25) is 15.0 Å². The van der Waals surface area contributed by atoms with E-state index in [1.54, 1.807) is 19.2 Å². The molecule has 1 aliphatic heterocycles. The molecule has 0 bridgehead atoms. The first kappa shape index (κ1) is 15.2. The molecule has 0 N–H and O–H groups in total. The number of anilines is 1. The van der Waals surface area contributed by atoms with Gasteiger partial charge in [-0.15, -0.1) is 0 Å². The molecule has 6 nitrogen and oxygen atoms in total. The molecular formula is C16H23N3O3. The van der Waals surface area contributed by atoms with E-state index in [0.29, 0.717) is 6.61 Å². The van der Waals surface area contributed by atoms with Crippen molar-refractivity contribution in [2.45, 2.75) is 19.4 Å². The van der Waals surface area contributed by atoms with Gasteiger partial charge in [0.2, 0.25) is 0 Å². The highest BCUT2D eigenvalue weighted by Crippen LogP contribution is 2.31. The predicted molar refractivity (Wildman–Crippen MR) is 85.2 cm³/mol. The van der Waals surface area contributed by atoms with Gasteiger partial charge in [0.1, 0.15) is 0 Å². The lowest BCUT2D eigenvalue weighted by Crippen LogP contribution is -2.47. The number of non-ortho nitro benzene ring substituents is 1. The maximum absolute atomic E-state index is 10.9. The van der Waals surface area contributed by atoms with Crippen LogP contribution in [0.3, 0.4) is 0 Å². The smallest absolute Gasteiger partial charge is 0.269 e. The molecule has 120 valence electrons. The third kappa shape index (κ3) is 3.56. The summed E-state index contributed by atoms with van der Waals surface area (Å²) in [6.45, 7) is 5.72. The van der Waals surface area contributed by atoms with E-state index in [4.69, 9.17) is 4.74 Å². The Labute approximate surface area is 130 Å². The zero-order chi connectivity index (χ0) is 15.5. The number of hydrogen-bond donors (Lipinski definition) is 0. The van der Waals surface area contributed by atoms with E-state index < -0.39 is 0 Å². The Hall–Kier alpha value is -1.66. The van der Waals surface area contributed by atoms with Crippen molar-refractivity contribution < 1.29 is 9.66 Å². The van der Waals surface area contributed by atoms with Crippen molar-refractivity contribution in [3.8, 4) is 0 Å². The van der Waals surface area contributed by atoms with E-state index in [2.05, 4.69) is 9.80 Å². The van der Waals surface area contributed by atoms with Crippen LogP contribution in [0.5, 0.6) is 0 Å². The van der Waals surface area contributed by atoms with E-state index in [-0.39, 0.29) is 10.6 Å². The van der Waals surface area contributed by atoms with Gasteiger partial charge in [0.25, 0.3) is 5.69 Å². The van der Waals surface area contributed by atoms with Gasteiger partial charge in [-0.05, 0) is 24.8 Å². The summed E-state index contributed by atoms with van der Waals surface area (Å²) in [5.74, 6) is 0.926. The fourth-order valence-electron chi connectivity index (χ4n) is 3.10. The van der Waals surface area contributed by atoms with Crippen molar-refractivity contribution in [2.75, 3.05) is 44.7 Å². The first-order chi connectivity index (χ1) is 10.7. The highest BCUT2D eigenvalue weighted by atomic mass is 16.6. The summed E-state index contributed by atoms with van der Waals surface area (Å²) in [6, 6.07) is 5.09. The SMILES string of the molecule is COCc1cc([N+](=O)[O-])ccc1N1CCN(CC2CC2)CC1. The van der Waals surface area contributed by atoms with Gasteiger partial charge in [0.15, 0.2) is 0 Å². The average molecular weight is 305 g/mol. The van der Waals surface area contributed by atoms with Crippen LogP contribution in [0.1, 0.15) is 18.4 Å². The molecule has 6 heteroatoms. The molecule has 0 spiro atoms. The van der Waals surface area contributed by atoms with Crippen LogP contribution in [0.15, 0.2) is 18.2 Å². The molecule has 0 amide bonds. The number of benzene rings is 1. The molecular weight excluding hydrogens is 282 g/mol. The zero-order valence-corrected chi connectivity index (χ0v) is 13.0. The Balaban J connectivity index is 1.69. The second-order valence-electron chi connectivity index (χ2n) is 6.23. The average Bonchev–Trinajstić information content (AvgIpc) is 3.32. The van der Waals surface area contributed by atoms with Crippen LogP contribution in [0.25, 0.3) is 0 Å². The molecule has 1 aromatic rings. The number of ether oxygens (including phenoxy) is 1. The van der Waals surface area contributed by atoms with Crippen LogP contribution in [0, 0.1) is 16.0 Å². The van der Waals surface area contributed by atoms with Crippen molar-refractivity contribution in [3.05, 3.63) is 33.9 Å². The van der Waals surface area contributed by atoms with Gasteiger partial charge in [0, 0.05) is 63.2 Å². The summed E-state index contributed by atoms with van der Waals surface area (Å²) in [5.41, 5.74) is 2.09. The third-order valence-electron chi connectivity index (χ3n) is 4.50. The first-order valence-corrected chi connectivity index (χ1v) is 7.91. The number of nitrogens with zero attached hydrogens (tertiary/aromatic N) is 3. The highest BCUT2D eigenvalue weighted by molar-refractivity contribution is 5.58. The summed E-state index contributed by atoms with van der Waals surface area (Å²) < 4.78 is 5.22. The van der Waals surface area contributed by atoms with E-state index in [9.17, 15) is 10.1 Å². The second kappa shape index (κ2) is 6.62. The molecule has 0 unspecified atom stereocenters. The van der Waals surface area contributed by atoms with Crippen LogP contribution < -0.4 is 4.90 Å². The lowest BCUT2D eigenvalue weighted by Gasteiger charge is -2.37. The molecule has 1 aliphatic carbocycles. The normalized spacial score (nSPS) is 19.4. The standard InChI is InChI=1S/C16H23N3O3/c1-22-12-14-10-15(19(20)21)4-5-16(14)18-8-6-17(7-9-18)11-13-2-3-13/h4-5,10,13H,2-3,6-9,11-12H2,1H3. The Morgan fingerprint density at radius 1 is 1.27 bits per heavy atom. The van der Waals surface area contributed by atoms with Crippen LogP contribution in [-0.2, 0) is 11.3 Å². The minimum atomic E-state index is -0.351. The fourth-order valence-corrected chi connectivity index (χ4v) is 3.10. The first-order valence-electron chi connectivity index (χ1n) is 7.91. The molecule has 2 aliphatic rings. The maximum atomic E-state index is 10.9. The summed E-state index contributed by atoms with van der Waals surface area (Å²) in [6.07, 6.45) is 2.78. The molecule has 0 atom stereocenters. The number of hydrogen-bond acceptors (Lipinski definition) is 5. The summed E-state index contributed by atoms with van der Waals surface area (Å²) in [7, 11) is 1.62. The van der Waals surface area contributed by atoms with Gasteiger partial charge < -0.3 is 9.64 Å². The van der Waals surface area contributed by atoms with Crippen molar-refractivity contribution in [3.63, 3.8) is 0 Å². The molecule has 1 heterocycles. The molecule has 0 aromatic heterocycles. The monoisotopic (exact) mass is 305 g/mol. The van der Waals surface area contributed by atoms with Crippen molar-refractivity contribution >= 4 is 11.4 Å². The number of nitro groups is 1. The van der Waals surface area contributed by atoms with Gasteiger partial charge in [-0.25, -0.2) is 0 Å². The molecule has 1 saturated carbocycles. The van der Waals surface area contributed by atoms with Crippen LogP contribution in [0.2, 0.25) is 0 Å². The van der Waals surface area contributed by atoms with Crippen molar-refractivity contribution in [1.29, 1.82) is 0 Å². The zero-order valence-electron chi connectivity index (χ0n) is 13.0. The van der Waals surface area contributed by atoms with E-state index in [0.717, 1.165) is 43.3 Å². The minimum absolute atomic E-state index is 0.128. The predicted octanol–water partition coefficient (Wildman–Crippen LogP) is 2.27. The minimum Gasteiger partial charge on any atom is -0.380 e. The lowest BCUT2D eigenvalue weighted by atomic mass is 10.1. The van der Waals surface area contributed by atoms with Gasteiger partial charge in [-0.1, -0.05) is 0 Å². The lowest BCUT2D eigenvalue weighted by molar-refractivity contribution is -0.384. The van der Waals surface area contributed by atoms with E-state index >= 15 is 0 Å². The van der Waals surface area contributed by atoms with Crippen LogP contribution in [-0.4, -0.2) is 49.7 Å². The highest BCUT2D eigenvalue weighted by Gasteiger charge is 2.27. The van der Waals surface area contributed by atoms with Crippen LogP contribution >= 0.6 is 0 Å². The van der Waals surface area contributed by atoms with Crippen LogP contribution in [0.4, 0.5) is 11.4 Å². The Morgan fingerprint density at radius 3 is 2.59 bits per heavy atom. The van der Waals surface area contributed by atoms with Crippen molar-refractivity contribution in [1.82, 2.24) is 4.90 Å². The Kier molecular flexibility index (Phi) is 4.59. The summed E-state index contributed by atoms with van der Waals surface area (Å²) in [4.78, 5) is 15.4. The number of methoxy groups -OCH3 is 1. The molecule has 1 aromatic carbocycles. The maximum Gasteiger partial charge on any atom is 0.269 e. The molecule has 3 rings (SSSR count). The third-order valence-corrected chi connectivity index (χ3v) is 4.50. The molecule has 2 fully saturated rings. The molecule has 22 heavy (non-hydrogen) atoms.